The molecule has 0 aliphatic heterocycles. The Morgan fingerprint density at radius 3 is 2.46 bits per heavy atom. The Morgan fingerprint density at radius 1 is 1.07 bits per heavy atom. The number of aryl methyl sites for hydroxylation is 1. The monoisotopic (exact) mass is 418 g/mol. The van der Waals surface area contributed by atoms with E-state index in [0.29, 0.717) is 22.2 Å². The van der Waals surface area contributed by atoms with Gasteiger partial charge in [-0.2, -0.15) is 0 Å². The van der Waals surface area contributed by atoms with Gasteiger partial charge in [-0.3, -0.25) is 9.52 Å². The molecule has 148 valence electrons. The van der Waals surface area contributed by atoms with Crippen LogP contribution in [-0.4, -0.2) is 20.4 Å². The zero-order valence-corrected chi connectivity index (χ0v) is 17.2. The predicted molar refractivity (Wildman–Crippen MR) is 110 cm³/mol. The van der Waals surface area contributed by atoms with Crippen LogP contribution in [-0.2, 0) is 10.0 Å². The van der Waals surface area contributed by atoms with Crippen LogP contribution in [0, 0.1) is 18.8 Å². The Labute approximate surface area is 170 Å². The molecule has 0 spiro atoms. The van der Waals surface area contributed by atoms with Crippen molar-refractivity contribution in [2.24, 2.45) is 11.8 Å². The number of carbonyl (C=O) groups is 1. The first-order chi connectivity index (χ1) is 13.3. The molecule has 2 N–H and O–H groups in total. The largest absolute Gasteiger partial charge is 0.349 e. The molecule has 2 aromatic rings. The number of fused-ring (bicyclic) bond motifs is 2. The van der Waals surface area contributed by atoms with Crippen molar-refractivity contribution in [3.63, 3.8) is 0 Å². The van der Waals surface area contributed by atoms with Gasteiger partial charge >= 0.3 is 0 Å². The number of halogens is 1. The van der Waals surface area contributed by atoms with Crippen LogP contribution in [0.2, 0.25) is 5.02 Å². The molecule has 7 heteroatoms. The predicted octanol–water partition coefficient (Wildman–Crippen LogP) is 4.37. The first-order valence-electron chi connectivity index (χ1n) is 9.52. The third-order valence-electron chi connectivity index (χ3n) is 5.92. The normalized spacial score (nSPS) is 23.6. The highest BCUT2D eigenvalue weighted by Crippen LogP contribution is 2.44. The van der Waals surface area contributed by atoms with Crippen molar-refractivity contribution < 1.29 is 13.2 Å². The van der Waals surface area contributed by atoms with Crippen LogP contribution in [0.5, 0.6) is 0 Å². The molecule has 1 amide bonds. The van der Waals surface area contributed by atoms with Crippen molar-refractivity contribution in [3.8, 4) is 0 Å². The topological polar surface area (TPSA) is 75.3 Å². The summed E-state index contributed by atoms with van der Waals surface area (Å²) in [6, 6.07) is 11.3. The number of carbonyl (C=O) groups excluding carboxylic acids is 1. The number of nitrogens with one attached hydrogen (secondary N) is 2. The maximum Gasteiger partial charge on any atom is 0.261 e. The molecule has 2 bridgehead atoms. The van der Waals surface area contributed by atoms with Crippen LogP contribution in [0.25, 0.3) is 0 Å². The highest BCUT2D eigenvalue weighted by molar-refractivity contribution is 7.92. The van der Waals surface area contributed by atoms with Gasteiger partial charge in [0.15, 0.2) is 0 Å². The van der Waals surface area contributed by atoms with E-state index in [1.807, 2.05) is 0 Å². The molecule has 0 heterocycles. The van der Waals surface area contributed by atoms with E-state index in [4.69, 9.17) is 11.6 Å². The number of amides is 1. The molecular weight excluding hydrogens is 396 g/mol. The van der Waals surface area contributed by atoms with Gasteiger partial charge in [0, 0.05) is 16.6 Å². The molecule has 0 unspecified atom stereocenters. The SMILES string of the molecule is Cc1ccc(C(=O)N[C@H]2C[C@H]3CC[C@@H]2C3)cc1NS(=O)(=O)c1ccc(Cl)cc1. The lowest BCUT2D eigenvalue weighted by Gasteiger charge is -2.23. The van der Waals surface area contributed by atoms with Crippen LogP contribution in [0.1, 0.15) is 41.6 Å². The van der Waals surface area contributed by atoms with Crippen molar-refractivity contribution in [1.29, 1.82) is 0 Å². The van der Waals surface area contributed by atoms with Crippen LogP contribution in [0.15, 0.2) is 47.4 Å². The number of sulfonamides is 1. The van der Waals surface area contributed by atoms with Crippen molar-refractivity contribution in [2.45, 2.75) is 43.5 Å². The Morgan fingerprint density at radius 2 is 1.82 bits per heavy atom. The van der Waals surface area contributed by atoms with Gasteiger partial charge in [0.1, 0.15) is 0 Å². The molecule has 5 nitrogen and oxygen atoms in total. The second-order valence-corrected chi connectivity index (χ2v) is 9.96. The Balaban J connectivity index is 1.52. The first-order valence-corrected chi connectivity index (χ1v) is 11.4. The van der Waals surface area contributed by atoms with E-state index in [0.717, 1.165) is 17.9 Å². The molecule has 4 rings (SSSR count). The molecule has 2 aliphatic carbocycles. The summed E-state index contributed by atoms with van der Waals surface area (Å²) in [5.41, 5.74) is 1.60. The van der Waals surface area contributed by atoms with Crippen LogP contribution in [0.4, 0.5) is 5.69 Å². The summed E-state index contributed by atoms with van der Waals surface area (Å²) in [4.78, 5) is 12.8. The van der Waals surface area contributed by atoms with Gasteiger partial charge < -0.3 is 5.32 Å². The maximum absolute atomic E-state index is 12.7. The standard InChI is InChI=1S/C21H23ClN2O3S/c1-13-2-4-16(21(25)23-20-11-14-3-5-15(20)10-14)12-19(13)24-28(26,27)18-8-6-17(22)7-9-18/h2,4,6-9,12,14-15,20,24H,3,5,10-11H2,1H3,(H,23,25)/t14-,15+,20-/m0/s1. The zero-order valence-electron chi connectivity index (χ0n) is 15.6. The van der Waals surface area contributed by atoms with E-state index in [-0.39, 0.29) is 16.8 Å². The average molecular weight is 419 g/mol. The fourth-order valence-corrected chi connectivity index (χ4v) is 5.61. The number of benzene rings is 2. The highest BCUT2D eigenvalue weighted by Gasteiger charge is 2.40. The molecule has 2 aromatic carbocycles. The summed E-state index contributed by atoms with van der Waals surface area (Å²) in [5, 5.41) is 3.61. The number of hydrogen-bond acceptors (Lipinski definition) is 3. The fraction of sp³-hybridized carbons (Fsp3) is 0.381. The van der Waals surface area contributed by atoms with Gasteiger partial charge in [-0.05, 0) is 80.0 Å². The minimum absolute atomic E-state index is 0.119. The van der Waals surface area contributed by atoms with Gasteiger partial charge in [0.05, 0.1) is 10.6 Å². The summed E-state index contributed by atoms with van der Waals surface area (Å²) in [6.07, 6.45) is 4.73. The fourth-order valence-electron chi connectivity index (χ4n) is 4.36. The molecule has 28 heavy (non-hydrogen) atoms. The number of anilines is 1. The lowest BCUT2D eigenvalue weighted by Crippen LogP contribution is -2.38. The highest BCUT2D eigenvalue weighted by atomic mass is 35.5. The Bertz CT molecular complexity index is 1000. The van der Waals surface area contributed by atoms with Gasteiger partial charge in [-0.1, -0.05) is 24.1 Å². The summed E-state index contributed by atoms with van der Waals surface area (Å²) >= 11 is 5.84. The molecule has 3 atom stereocenters. The average Bonchev–Trinajstić information content (AvgIpc) is 3.26. The van der Waals surface area contributed by atoms with E-state index in [1.165, 1.54) is 43.5 Å². The van der Waals surface area contributed by atoms with E-state index in [1.54, 1.807) is 25.1 Å². The lowest BCUT2D eigenvalue weighted by atomic mass is 9.95. The van der Waals surface area contributed by atoms with Crippen molar-refractivity contribution in [2.75, 3.05) is 4.72 Å². The van der Waals surface area contributed by atoms with E-state index < -0.39 is 10.0 Å². The van der Waals surface area contributed by atoms with Crippen LogP contribution in [0.3, 0.4) is 0 Å². The molecule has 2 saturated carbocycles. The van der Waals surface area contributed by atoms with Crippen molar-refractivity contribution in [1.82, 2.24) is 5.32 Å². The third-order valence-corrected chi connectivity index (χ3v) is 7.56. The molecule has 0 radical (unpaired) electrons. The summed E-state index contributed by atoms with van der Waals surface area (Å²) in [5.74, 6) is 1.18. The van der Waals surface area contributed by atoms with E-state index in [2.05, 4.69) is 10.0 Å². The van der Waals surface area contributed by atoms with Crippen LogP contribution < -0.4 is 10.0 Å². The van der Waals surface area contributed by atoms with Gasteiger partial charge in [0.2, 0.25) is 0 Å². The third kappa shape index (κ3) is 3.89. The van der Waals surface area contributed by atoms with E-state index in [9.17, 15) is 13.2 Å². The molecule has 2 fully saturated rings. The molecule has 0 aromatic heterocycles. The minimum atomic E-state index is -3.76. The lowest BCUT2D eigenvalue weighted by molar-refractivity contribution is 0.0923. The molecular formula is C21H23ClN2O3S. The zero-order chi connectivity index (χ0) is 19.9. The number of rotatable bonds is 5. The van der Waals surface area contributed by atoms with Gasteiger partial charge in [0.25, 0.3) is 15.9 Å². The maximum atomic E-state index is 12.7. The molecule has 0 saturated heterocycles. The molecule has 2 aliphatic rings. The van der Waals surface area contributed by atoms with Crippen molar-refractivity contribution >= 4 is 33.2 Å². The first kappa shape index (κ1) is 19.3. The van der Waals surface area contributed by atoms with Gasteiger partial charge in [-0.15, -0.1) is 0 Å². The van der Waals surface area contributed by atoms with Gasteiger partial charge in [-0.25, -0.2) is 8.42 Å². The van der Waals surface area contributed by atoms with Crippen molar-refractivity contribution in [3.05, 3.63) is 58.6 Å². The quantitative estimate of drug-likeness (QED) is 0.757. The summed E-state index contributed by atoms with van der Waals surface area (Å²) in [6.45, 7) is 1.80. The minimum Gasteiger partial charge on any atom is -0.349 e. The smallest absolute Gasteiger partial charge is 0.261 e. The Kier molecular flexibility index (Phi) is 5.10. The Hall–Kier alpha value is -2.05. The summed E-state index contributed by atoms with van der Waals surface area (Å²) in [7, 11) is -3.76. The second-order valence-electron chi connectivity index (χ2n) is 7.84. The summed E-state index contributed by atoms with van der Waals surface area (Å²) < 4.78 is 27.9. The second kappa shape index (κ2) is 7.41. The van der Waals surface area contributed by atoms with E-state index >= 15 is 0 Å². The van der Waals surface area contributed by atoms with Crippen LogP contribution >= 0.6 is 11.6 Å². The number of hydrogen-bond donors (Lipinski definition) is 2.